The lowest BCUT2D eigenvalue weighted by molar-refractivity contribution is -0.939. The van der Waals surface area contributed by atoms with E-state index in [1.54, 1.807) is 17.6 Å². The van der Waals surface area contributed by atoms with Gasteiger partial charge in [0.15, 0.2) is 12.3 Å². The molecule has 0 saturated carbocycles. The summed E-state index contributed by atoms with van der Waals surface area (Å²) in [5.74, 6) is 0.218. The number of amides is 1. The lowest BCUT2D eigenvalue weighted by Gasteiger charge is -2.45. The quantitative estimate of drug-likeness (QED) is 0.671. The van der Waals surface area contributed by atoms with E-state index in [9.17, 15) is 4.79 Å². The van der Waals surface area contributed by atoms with Crippen LogP contribution in [0, 0.1) is 0 Å². The van der Waals surface area contributed by atoms with Crippen molar-refractivity contribution >= 4 is 29.0 Å². The molecular formula is C21H33ClN5O2+. The number of imidazole rings is 1. The van der Waals surface area contributed by atoms with Gasteiger partial charge in [-0.2, -0.15) is 0 Å². The monoisotopic (exact) mass is 422 g/mol. The number of hydrogen-bond acceptors (Lipinski definition) is 4. The largest absolute Gasteiger partial charge is 0.384 e. The van der Waals surface area contributed by atoms with Gasteiger partial charge in [0.1, 0.15) is 18.0 Å². The number of fused-ring (bicyclic) bond motifs is 1. The highest BCUT2D eigenvalue weighted by atomic mass is 35.5. The number of nitrogens with one attached hydrogen (secondary N) is 1. The zero-order valence-electron chi connectivity index (χ0n) is 17.9. The van der Waals surface area contributed by atoms with Crippen LogP contribution >= 0.6 is 11.6 Å². The molecule has 3 heterocycles. The van der Waals surface area contributed by atoms with E-state index in [1.807, 2.05) is 13.1 Å². The van der Waals surface area contributed by atoms with Crippen molar-refractivity contribution in [3.63, 3.8) is 0 Å². The van der Waals surface area contributed by atoms with Gasteiger partial charge in [-0.1, -0.05) is 18.5 Å². The number of nitrogen functional groups attached to an aromatic ring is 1. The molecule has 2 aromatic heterocycles. The summed E-state index contributed by atoms with van der Waals surface area (Å²) in [6, 6.07) is 1.62. The number of piperidine rings is 1. The number of ether oxygens (including phenoxy) is 1. The Kier molecular flexibility index (Phi) is 6.41. The van der Waals surface area contributed by atoms with E-state index in [1.165, 1.54) is 6.42 Å². The van der Waals surface area contributed by atoms with Crippen LogP contribution in [0.4, 0.5) is 5.82 Å². The summed E-state index contributed by atoms with van der Waals surface area (Å²) in [7, 11) is 1.75. The molecule has 29 heavy (non-hydrogen) atoms. The Morgan fingerprint density at radius 1 is 1.38 bits per heavy atom. The van der Waals surface area contributed by atoms with Crippen molar-refractivity contribution in [2.24, 2.45) is 0 Å². The van der Waals surface area contributed by atoms with Crippen LogP contribution in [0.15, 0.2) is 12.3 Å². The van der Waals surface area contributed by atoms with Gasteiger partial charge in [0, 0.05) is 13.3 Å². The van der Waals surface area contributed by atoms with Gasteiger partial charge >= 0.3 is 0 Å². The lowest BCUT2D eigenvalue weighted by atomic mass is 10.0. The minimum atomic E-state index is -0.251. The van der Waals surface area contributed by atoms with Gasteiger partial charge in [-0.25, -0.2) is 4.98 Å². The molecular weight excluding hydrogens is 390 g/mol. The Morgan fingerprint density at radius 2 is 2.07 bits per heavy atom. The Hall–Kier alpha value is -1.83. The minimum absolute atomic E-state index is 0.177. The second-order valence-corrected chi connectivity index (χ2v) is 9.11. The number of carbonyl (C=O) groups is 1. The summed E-state index contributed by atoms with van der Waals surface area (Å²) in [5.41, 5.74) is 7.71. The van der Waals surface area contributed by atoms with Crippen molar-refractivity contribution in [3.05, 3.63) is 28.5 Å². The number of carbonyl (C=O) groups excluding carboxylic acids is 1. The zero-order chi connectivity index (χ0) is 21.2. The first-order valence-corrected chi connectivity index (χ1v) is 10.7. The second kappa shape index (κ2) is 8.50. The molecule has 2 aromatic rings. The third-order valence-electron chi connectivity index (χ3n) is 5.99. The summed E-state index contributed by atoms with van der Waals surface area (Å²) < 4.78 is 8.21. The SMILES string of the molecule is CCc1cn2c(N)c(Cl)cc(C(=O)NC[N+]3(CC(C)(C)OC)CCCCC3)c2n1. The maximum atomic E-state index is 13.1. The number of rotatable bonds is 7. The van der Waals surface area contributed by atoms with Gasteiger partial charge in [-0.15, -0.1) is 0 Å². The number of halogens is 1. The molecule has 1 aliphatic rings. The van der Waals surface area contributed by atoms with E-state index in [0.29, 0.717) is 28.7 Å². The average molecular weight is 423 g/mol. The van der Waals surface area contributed by atoms with Gasteiger partial charge < -0.3 is 20.3 Å². The van der Waals surface area contributed by atoms with Gasteiger partial charge in [-0.3, -0.25) is 9.20 Å². The number of aryl methyl sites for hydroxylation is 1. The van der Waals surface area contributed by atoms with Crippen molar-refractivity contribution in [2.75, 3.05) is 39.1 Å². The Balaban J connectivity index is 1.85. The van der Waals surface area contributed by atoms with Crippen LogP contribution in [-0.2, 0) is 11.2 Å². The topological polar surface area (TPSA) is 81.7 Å². The number of nitrogens with two attached hydrogens (primary N) is 1. The van der Waals surface area contributed by atoms with Crippen LogP contribution in [0.25, 0.3) is 5.65 Å². The molecule has 0 unspecified atom stereocenters. The Bertz CT molecular complexity index is 887. The summed E-state index contributed by atoms with van der Waals surface area (Å²) in [6.45, 7) is 9.70. The maximum absolute atomic E-state index is 13.1. The number of pyridine rings is 1. The molecule has 0 bridgehead atoms. The number of anilines is 1. The van der Waals surface area contributed by atoms with Crippen LogP contribution in [0.1, 0.15) is 56.1 Å². The fraction of sp³-hybridized carbons (Fsp3) is 0.619. The molecule has 8 heteroatoms. The van der Waals surface area contributed by atoms with E-state index in [2.05, 4.69) is 24.1 Å². The molecule has 1 aliphatic heterocycles. The van der Waals surface area contributed by atoms with Gasteiger partial charge in [0.25, 0.3) is 5.91 Å². The number of hydrogen-bond donors (Lipinski definition) is 2. The zero-order valence-corrected chi connectivity index (χ0v) is 18.7. The first-order chi connectivity index (χ1) is 13.7. The molecule has 3 N–H and O–H groups in total. The van der Waals surface area contributed by atoms with Crippen molar-refractivity contribution in [1.29, 1.82) is 0 Å². The van der Waals surface area contributed by atoms with Crippen molar-refractivity contribution in [2.45, 2.75) is 52.1 Å². The highest BCUT2D eigenvalue weighted by Crippen LogP contribution is 2.26. The molecule has 0 aromatic carbocycles. The number of aromatic nitrogens is 2. The molecule has 0 aliphatic carbocycles. The smallest absolute Gasteiger partial charge is 0.259 e. The second-order valence-electron chi connectivity index (χ2n) is 8.71. The summed E-state index contributed by atoms with van der Waals surface area (Å²) in [4.78, 5) is 17.7. The lowest BCUT2D eigenvalue weighted by Crippen LogP contribution is -2.61. The van der Waals surface area contributed by atoms with Crippen molar-refractivity contribution in [1.82, 2.24) is 14.7 Å². The molecule has 160 valence electrons. The fourth-order valence-corrected chi connectivity index (χ4v) is 4.48. The number of nitrogens with zero attached hydrogens (tertiary/aromatic N) is 3. The number of methoxy groups -OCH3 is 1. The Morgan fingerprint density at radius 3 is 2.69 bits per heavy atom. The third-order valence-corrected chi connectivity index (χ3v) is 6.29. The highest BCUT2D eigenvalue weighted by molar-refractivity contribution is 6.33. The first kappa shape index (κ1) is 21.9. The minimum Gasteiger partial charge on any atom is -0.384 e. The van der Waals surface area contributed by atoms with Crippen molar-refractivity contribution < 1.29 is 14.0 Å². The van der Waals surface area contributed by atoms with Gasteiger partial charge in [0.2, 0.25) is 0 Å². The molecule has 1 fully saturated rings. The van der Waals surface area contributed by atoms with Gasteiger partial charge in [-0.05, 0) is 45.6 Å². The third kappa shape index (κ3) is 4.68. The maximum Gasteiger partial charge on any atom is 0.259 e. The van der Waals surface area contributed by atoms with E-state index < -0.39 is 0 Å². The van der Waals surface area contributed by atoms with Crippen LogP contribution in [0.5, 0.6) is 0 Å². The number of quaternary nitrogens is 1. The van der Waals surface area contributed by atoms with E-state index in [-0.39, 0.29) is 11.5 Å². The van der Waals surface area contributed by atoms with E-state index in [4.69, 9.17) is 22.1 Å². The highest BCUT2D eigenvalue weighted by Gasteiger charge is 2.37. The normalized spacial score (nSPS) is 16.9. The van der Waals surface area contributed by atoms with E-state index in [0.717, 1.165) is 49.1 Å². The summed E-state index contributed by atoms with van der Waals surface area (Å²) >= 11 is 6.30. The van der Waals surface area contributed by atoms with E-state index >= 15 is 0 Å². The molecule has 1 saturated heterocycles. The molecule has 0 spiro atoms. The number of likely N-dealkylation sites (tertiary alicyclic amines) is 1. The van der Waals surface area contributed by atoms with Gasteiger partial charge in [0.05, 0.1) is 29.4 Å². The molecule has 0 radical (unpaired) electrons. The van der Waals surface area contributed by atoms with Crippen LogP contribution in [-0.4, -0.2) is 58.8 Å². The first-order valence-electron chi connectivity index (χ1n) is 10.3. The van der Waals surface area contributed by atoms with Crippen LogP contribution in [0.2, 0.25) is 5.02 Å². The predicted octanol–water partition coefficient (Wildman–Crippen LogP) is 3.25. The average Bonchev–Trinajstić information content (AvgIpc) is 3.14. The molecule has 7 nitrogen and oxygen atoms in total. The Labute approximate surface area is 177 Å². The van der Waals surface area contributed by atoms with Crippen LogP contribution in [0.3, 0.4) is 0 Å². The fourth-order valence-electron chi connectivity index (χ4n) is 4.28. The molecule has 3 rings (SSSR count). The standard InChI is InChI=1S/C21H32ClN5O2/c1-5-15-12-26-18(23)17(22)11-16(19(26)25-15)20(28)24-14-27(9-7-6-8-10-27)13-21(2,3)29-4/h11-12H,5-10,13-14H2,1-4H3,(H2-,23,24,25,28)/p+1. The predicted molar refractivity (Wildman–Crippen MR) is 116 cm³/mol. The van der Waals surface area contributed by atoms with Crippen LogP contribution < -0.4 is 11.1 Å². The summed E-state index contributed by atoms with van der Waals surface area (Å²) in [5, 5.41) is 3.50. The van der Waals surface area contributed by atoms with Crippen molar-refractivity contribution in [3.8, 4) is 0 Å². The molecule has 1 amide bonds. The summed E-state index contributed by atoms with van der Waals surface area (Å²) in [6.07, 6.45) is 6.16. The molecule has 0 atom stereocenters.